The van der Waals surface area contributed by atoms with Crippen LogP contribution in [0.25, 0.3) is 0 Å². The maximum Gasteiger partial charge on any atom is 0.308 e. The van der Waals surface area contributed by atoms with Crippen molar-refractivity contribution in [2.24, 2.45) is 5.92 Å². The second kappa shape index (κ2) is 6.89. The molecule has 0 aliphatic heterocycles. The highest BCUT2D eigenvalue weighted by Gasteiger charge is 2.30. The van der Waals surface area contributed by atoms with Crippen molar-refractivity contribution in [1.29, 1.82) is 0 Å². The zero-order chi connectivity index (χ0) is 15.4. The summed E-state index contributed by atoms with van der Waals surface area (Å²) in [5.74, 6) is -1.68. The molecule has 21 heavy (non-hydrogen) atoms. The quantitative estimate of drug-likeness (QED) is 0.822. The molecule has 1 aliphatic rings. The topological polar surface area (TPSA) is 88.4 Å². The summed E-state index contributed by atoms with van der Waals surface area (Å²) in [7, 11) is 0. The van der Waals surface area contributed by atoms with E-state index < -0.39 is 11.9 Å². The fourth-order valence-electron chi connectivity index (χ4n) is 2.77. The number of hydrogen-bond donors (Lipinski definition) is 2. The molecule has 2 rings (SSSR count). The van der Waals surface area contributed by atoms with E-state index in [9.17, 15) is 19.5 Å². The minimum Gasteiger partial charge on any atom is -0.481 e. The Morgan fingerprint density at radius 2 is 2.10 bits per heavy atom. The monoisotopic (exact) mass is 312 g/mol. The average Bonchev–Trinajstić information content (AvgIpc) is 2.66. The molecule has 0 bridgehead atoms. The van der Waals surface area contributed by atoms with Gasteiger partial charge in [0.15, 0.2) is 0 Å². The van der Waals surface area contributed by atoms with Gasteiger partial charge in [0.1, 0.15) is 6.54 Å². The molecular formula is C14H20N2O4S. The summed E-state index contributed by atoms with van der Waals surface area (Å²) in [6.45, 7) is 1.73. The van der Waals surface area contributed by atoms with Crippen molar-refractivity contribution in [2.45, 2.75) is 51.6 Å². The van der Waals surface area contributed by atoms with Gasteiger partial charge in [-0.15, -0.1) is 0 Å². The van der Waals surface area contributed by atoms with Crippen molar-refractivity contribution in [2.75, 3.05) is 0 Å². The van der Waals surface area contributed by atoms with Crippen LogP contribution in [0.15, 0.2) is 10.2 Å². The number of carbonyl (C=O) groups is 2. The molecule has 0 radical (unpaired) electrons. The van der Waals surface area contributed by atoms with Crippen LogP contribution in [0.5, 0.6) is 0 Å². The van der Waals surface area contributed by atoms with Gasteiger partial charge in [-0.1, -0.05) is 30.6 Å². The number of carboxylic acid groups (broad SMARTS) is 1. The van der Waals surface area contributed by atoms with Gasteiger partial charge in [0.05, 0.1) is 5.92 Å². The van der Waals surface area contributed by atoms with Crippen LogP contribution in [0, 0.1) is 12.8 Å². The lowest BCUT2D eigenvalue weighted by Gasteiger charge is -2.23. The first-order valence-corrected chi connectivity index (χ1v) is 8.04. The summed E-state index contributed by atoms with van der Waals surface area (Å²) in [5, 5.41) is 13.8. The smallest absolute Gasteiger partial charge is 0.308 e. The lowest BCUT2D eigenvalue weighted by Crippen LogP contribution is -2.44. The summed E-state index contributed by atoms with van der Waals surface area (Å²) >= 11 is 1.06. The Bertz CT molecular complexity index is 578. The lowest BCUT2D eigenvalue weighted by molar-refractivity contribution is -0.143. The number of hydrogen-bond acceptors (Lipinski definition) is 4. The van der Waals surface area contributed by atoms with Gasteiger partial charge in [0.25, 0.3) is 0 Å². The molecule has 0 saturated heterocycles. The molecule has 0 aromatic carbocycles. The summed E-state index contributed by atoms with van der Waals surface area (Å²) in [4.78, 5) is 34.9. The fraction of sp³-hybridized carbons (Fsp3) is 0.643. The first-order valence-electron chi connectivity index (χ1n) is 7.16. The molecule has 1 heterocycles. The Balaban J connectivity index is 2.03. The zero-order valence-electron chi connectivity index (χ0n) is 12.0. The molecule has 1 aromatic rings. The van der Waals surface area contributed by atoms with E-state index in [-0.39, 0.29) is 23.4 Å². The van der Waals surface area contributed by atoms with Gasteiger partial charge in [0, 0.05) is 17.1 Å². The molecule has 1 aliphatic carbocycles. The number of carbonyl (C=O) groups excluding carboxylic acids is 1. The van der Waals surface area contributed by atoms with Crippen molar-refractivity contribution >= 4 is 23.2 Å². The summed E-state index contributed by atoms with van der Waals surface area (Å²) in [6, 6.07) is -0.341. The molecule has 1 saturated carbocycles. The highest BCUT2D eigenvalue weighted by Crippen LogP contribution is 2.23. The number of thiazole rings is 1. The van der Waals surface area contributed by atoms with Gasteiger partial charge in [-0.2, -0.15) is 0 Å². The molecule has 6 nitrogen and oxygen atoms in total. The summed E-state index contributed by atoms with van der Waals surface area (Å²) < 4.78 is 1.41. The highest BCUT2D eigenvalue weighted by molar-refractivity contribution is 7.07. The Labute approximate surface area is 126 Å². The van der Waals surface area contributed by atoms with E-state index >= 15 is 0 Å². The summed E-state index contributed by atoms with van der Waals surface area (Å²) in [5.41, 5.74) is 0.746. The second-order valence-electron chi connectivity index (χ2n) is 5.49. The third kappa shape index (κ3) is 3.93. The largest absolute Gasteiger partial charge is 0.481 e. The van der Waals surface area contributed by atoms with E-state index in [4.69, 9.17) is 0 Å². The van der Waals surface area contributed by atoms with E-state index in [1.54, 1.807) is 12.3 Å². The number of aliphatic carboxylic acids is 1. The van der Waals surface area contributed by atoms with Gasteiger partial charge in [0.2, 0.25) is 5.91 Å². The van der Waals surface area contributed by atoms with Crippen molar-refractivity contribution in [3.8, 4) is 0 Å². The number of rotatable bonds is 4. The molecule has 2 unspecified atom stereocenters. The Morgan fingerprint density at radius 3 is 2.71 bits per heavy atom. The van der Waals surface area contributed by atoms with Gasteiger partial charge in [-0.25, -0.2) is 0 Å². The van der Waals surface area contributed by atoms with Crippen LogP contribution in [0.2, 0.25) is 0 Å². The minimum atomic E-state index is -0.855. The van der Waals surface area contributed by atoms with Crippen LogP contribution >= 0.6 is 11.3 Å². The van der Waals surface area contributed by atoms with Crippen molar-refractivity contribution in [3.63, 3.8) is 0 Å². The van der Waals surface area contributed by atoms with Crippen LogP contribution in [0.3, 0.4) is 0 Å². The fourth-order valence-corrected chi connectivity index (χ4v) is 3.50. The maximum absolute atomic E-state index is 12.1. The Kier molecular flexibility index (Phi) is 5.17. The van der Waals surface area contributed by atoms with E-state index in [0.29, 0.717) is 12.8 Å². The molecular weight excluding hydrogens is 292 g/mol. The van der Waals surface area contributed by atoms with Crippen LogP contribution in [0.4, 0.5) is 0 Å². The number of nitrogens with zero attached hydrogens (tertiary/aromatic N) is 1. The molecule has 7 heteroatoms. The molecule has 1 aromatic heterocycles. The predicted octanol–water partition coefficient (Wildman–Crippen LogP) is 1.37. The predicted molar refractivity (Wildman–Crippen MR) is 79.5 cm³/mol. The van der Waals surface area contributed by atoms with Crippen molar-refractivity contribution < 1.29 is 14.7 Å². The standard InChI is InChI=1S/C14H20N2O4S/c1-9-8-21-14(20)16(9)7-12(17)15-11-6-4-2-3-5-10(11)13(18)19/h8,10-11H,2-7H2,1H3,(H,15,17)(H,18,19). The number of aryl methyl sites for hydroxylation is 1. The molecule has 1 fully saturated rings. The number of nitrogens with one attached hydrogen (secondary N) is 1. The zero-order valence-corrected chi connectivity index (χ0v) is 12.8. The molecule has 0 spiro atoms. The molecule has 1 amide bonds. The molecule has 116 valence electrons. The van der Waals surface area contributed by atoms with E-state index in [2.05, 4.69) is 5.32 Å². The average molecular weight is 312 g/mol. The Hall–Kier alpha value is -1.63. The van der Waals surface area contributed by atoms with Crippen LogP contribution in [-0.2, 0) is 16.1 Å². The van der Waals surface area contributed by atoms with Gasteiger partial charge in [-0.05, 0) is 19.8 Å². The van der Waals surface area contributed by atoms with E-state index in [1.807, 2.05) is 0 Å². The van der Waals surface area contributed by atoms with Gasteiger partial charge < -0.3 is 10.4 Å². The number of amides is 1. The van der Waals surface area contributed by atoms with Crippen molar-refractivity contribution in [3.05, 3.63) is 20.7 Å². The second-order valence-corrected chi connectivity index (χ2v) is 6.31. The first kappa shape index (κ1) is 15.8. The number of aromatic nitrogens is 1. The first-order chi connectivity index (χ1) is 9.99. The van der Waals surface area contributed by atoms with Gasteiger partial charge >= 0.3 is 10.8 Å². The summed E-state index contributed by atoms with van der Waals surface area (Å²) in [6.07, 6.45) is 4.08. The Morgan fingerprint density at radius 1 is 1.38 bits per heavy atom. The molecule has 2 atom stereocenters. The van der Waals surface area contributed by atoms with E-state index in [0.717, 1.165) is 36.3 Å². The lowest BCUT2D eigenvalue weighted by atomic mass is 9.95. The normalized spacial score (nSPS) is 22.5. The molecule has 2 N–H and O–H groups in total. The van der Waals surface area contributed by atoms with Crippen molar-refractivity contribution in [1.82, 2.24) is 9.88 Å². The van der Waals surface area contributed by atoms with E-state index in [1.165, 1.54) is 4.57 Å². The van der Waals surface area contributed by atoms with Crippen LogP contribution in [-0.4, -0.2) is 27.6 Å². The number of carboxylic acids is 1. The third-order valence-corrected chi connectivity index (χ3v) is 4.84. The maximum atomic E-state index is 12.1. The SMILES string of the molecule is Cc1csc(=O)n1CC(=O)NC1CCCCCC1C(=O)O. The highest BCUT2D eigenvalue weighted by atomic mass is 32.1. The van der Waals surface area contributed by atoms with Crippen LogP contribution in [0.1, 0.15) is 37.8 Å². The van der Waals surface area contributed by atoms with Crippen LogP contribution < -0.4 is 10.2 Å². The van der Waals surface area contributed by atoms with Gasteiger partial charge in [-0.3, -0.25) is 19.0 Å². The third-order valence-electron chi connectivity index (χ3n) is 3.96. The minimum absolute atomic E-state index is 0.0446.